The van der Waals surface area contributed by atoms with Crippen LogP contribution in [0, 0.1) is 0 Å². The first-order valence-electron chi connectivity index (χ1n) is 5.36. The van der Waals surface area contributed by atoms with Crippen LogP contribution in [0.1, 0.15) is 10.4 Å². The normalized spacial score (nSPS) is 13.2. The van der Waals surface area contributed by atoms with E-state index in [0.29, 0.717) is 0 Å². The van der Waals surface area contributed by atoms with Crippen molar-refractivity contribution in [1.29, 1.82) is 0 Å². The Labute approximate surface area is 113 Å². The van der Waals surface area contributed by atoms with Crippen LogP contribution in [-0.4, -0.2) is 52.5 Å². The van der Waals surface area contributed by atoms with Gasteiger partial charge in [-0.15, -0.1) is 0 Å². The van der Waals surface area contributed by atoms with Crippen molar-refractivity contribution in [2.45, 2.75) is 12.2 Å². The third kappa shape index (κ3) is 3.53. The van der Waals surface area contributed by atoms with Gasteiger partial charge in [-0.1, -0.05) is 12.1 Å². The average molecular weight is 284 g/mol. The highest BCUT2D eigenvalue weighted by atomic mass is 16.6. The summed E-state index contributed by atoms with van der Waals surface area (Å²) >= 11 is 0. The number of ether oxygens (including phenoxy) is 2. The summed E-state index contributed by atoms with van der Waals surface area (Å²) in [5, 5.41) is 26.6. The second-order valence-corrected chi connectivity index (χ2v) is 3.64. The molecule has 0 radical (unpaired) electrons. The van der Waals surface area contributed by atoms with E-state index in [9.17, 15) is 19.5 Å². The van der Waals surface area contributed by atoms with Gasteiger partial charge in [-0.25, -0.2) is 14.4 Å². The van der Waals surface area contributed by atoms with Crippen LogP contribution < -0.4 is 4.74 Å². The number of methoxy groups -OCH3 is 1. The number of para-hydroxylation sites is 1. The molecule has 0 aliphatic heterocycles. The number of aliphatic carboxylic acids is 1. The van der Waals surface area contributed by atoms with Gasteiger partial charge in [0.05, 0.1) is 7.11 Å². The highest BCUT2D eigenvalue weighted by Gasteiger charge is 2.33. The summed E-state index contributed by atoms with van der Waals surface area (Å²) in [6.07, 6.45) is -4.75. The number of rotatable bonds is 5. The molecule has 0 aliphatic carbocycles. The number of aliphatic hydroxyl groups is 2. The molecule has 108 valence electrons. The van der Waals surface area contributed by atoms with E-state index in [1.54, 1.807) is 6.07 Å². The minimum atomic E-state index is -2.38. The van der Waals surface area contributed by atoms with Gasteiger partial charge in [-0.2, -0.15) is 0 Å². The van der Waals surface area contributed by atoms with Gasteiger partial charge < -0.3 is 24.8 Å². The fourth-order valence-corrected chi connectivity index (χ4v) is 1.28. The summed E-state index contributed by atoms with van der Waals surface area (Å²) in [7, 11) is 1.30. The van der Waals surface area contributed by atoms with E-state index >= 15 is 0 Å². The van der Waals surface area contributed by atoms with Gasteiger partial charge in [0.1, 0.15) is 11.3 Å². The summed E-state index contributed by atoms with van der Waals surface area (Å²) in [5.41, 5.74) is -0.0830. The maximum atomic E-state index is 11.7. The average Bonchev–Trinajstić information content (AvgIpc) is 2.45. The molecule has 0 bridgehead atoms. The number of carbonyl (C=O) groups excluding carboxylic acids is 2. The van der Waals surface area contributed by atoms with E-state index in [4.69, 9.17) is 14.9 Å². The van der Waals surface area contributed by atoms with Gasteiger partial charge in [0.2, 0.25) is 0 Å². The van der Waals surface area contributed by atoms with Crippen LogP contribution in [0.4, 0.5) is 0 Å². The number of esters is 2. The summed E-state index contributed by atoms with van der Waals surface area (Å²) < 4.78 is 9.16. The molecular weight excluding hydrogens is 272 g/mol. The van der Waals surface area contributed by atoms with Crippen LogP contribution in [0.3, 0.4) is 0 Å². The maximum absolute atomic E-state index is 11.7. The van der Waals surface area contributed by atoms with Crippen molar-refractivity contribution < 1.29 is 39.2 Å². The Morgan fingerprint density at radius 1 is 1.10 bits per heavy atom. The van der Waals surface area contributed by atoms with Crippen LogP contribution in [-0.2, 0) is 14.3 Å². The third-order valence-electron chi connectivity index (χ3n) is 2.31. The van der Waals surface area contributed by atoms with Crippen LogP contribution in [0.25, 0.3) is 0 Å². The van der Waals surface area contributed by atoms with Crippen LogP contribution in [0.5, 0.6) is 5.75 Å². The fourth-order valence-electron chi connectivity index (χ4n) is 1.28. The highest BCUT2D eigenvalue weighted by molar-refractivity contribution is 6.00. The molecule has 0 aliphatic rings. The zero-order valence-corrected chi connectivity index (χ0v) is 10.3. The zero-order valence-electron chi connectivity index (χ0n) is 10.3. The Morgan fingerprint density at radius 3 is 2.25 bits per heavy atom. The monoisotopic (exact) mass is 284 g/mol. The lowest BCUT2D eigenvalue weighted by Crippen LogP contribution is -2.41. The highest BCUT2D eigenvalue weighted by Crippen LogP contribution is 2.18. The molecule has 1 aromatic carbocycles. The molecule has 8 heteroatoms. The van der Waals surface area contributed by atoms with E-state index in [0.717, 1.165) is 0 Å². The van der Waals surface area contributed by atoms with E-state index in [-0.39, 0.29) is 11.3 Å². The smallest absolute Gasteiger partial charge is 0.349 e. The fraction of sp³-hybridized carbons (Fsp3) is 0.250. The number of carbonyl (C=O) groups is 3. The molecular formula is C12H12O8. The number of aliphatic hydroxyl groups excluding tert-OH is 2. The van der Waals surface area contributed by atoms with E-state index in [1.165, 1.54) is 25.3 Å². The minimum absolute atomic E-state index is 0.0830. The molecule has 2 unspecified atom stereocenters. The Kier molecular flexibility index (Phi) is 5.18. The first-order valence-corrected chi connectivity index (χ1v) is 5.36. The Bertz CT molecular complexity index is 524. The summed E-state index contributed by atoms with van der Waals surface area (Å²) in [6.45, 7) is 0. The van der Waals surface area contributed by atoms with Crippen molar-refractivity contribution >= 4 is 17.9 Å². The van der Waals surface area contributed by atoms with Gasteiger partial charge >= 0.3 is 17.9 Å². The lowest BCUT2D eigenvalue weighted by molar-refractivity contribution is -0.166. The van der Waals surface area contributed by atoms with Crippen molar-refractivity contribution in [1.82, 2.24) is 0 Å². The number of hydrogen-bond acceptors (Lipinski definition) is 7. The molecule has 0 saturated heterocycles. The molecule has 1 aromatic rings. The lowest BCUT2D eigenvalue weighted by Gasteiger charge is -2.12. The molecule has 0 aromatic heterocycles. The molecule has 0 spiro atoms. The number of benzene rings is 1. The lowest BCUT2D eigenvalue weighted by atomic mass is 10.2. The van der Waals surface area contributed by atoms with Gasteiger partial charge in [-0.3, -0.25) is 0 Å². The van der Waals surface area contributed by atoms with Crippen molar-refractivity contribution in [3.8, 4) is 5.75 Å². The second-order valence-electron chi connectivity index (χ2n) is 3.64. The molecule has 0 amide bonds. The largest absolute Gasteiger partial charge is 0.496 e. The van der Waals surface area contributed by atoms with Crippen LogP contribution in [0.15, 0.2) is 24.3 Å². The molecule has 1 rings (SSSR count). The first kappa shape index (κ1) is 15.6. The topological polar surface area (TPSA) is 130 Å². The maximum Gasteiger partial charge on any atom is 0.349 e. The molecule has 3 N–H and O–H groups in total. The van der Waals surface area contributed by atoms with Crippen molar-refractivity contribution in [3.05, 3.63) is 29.8 Å². The standard InChI is InChI=1S/C12H12O8/c1-19-7-5-3-2-4-6(7)11(17)20-12(18)9(14)8(13)10(15)16/h2-5,8-9,13-14H,1H3,(H,15,16). The first-order chi connectivity index (χ1) is 9.38. The molecule has 0 fully saturated rings. The summed E-state index contributed by atoms with van der Waals surface area (Å²) in [5.74, 6) is -4.39. The Hall–Kier alpha value is -2.45. The SMILES string of the molecule is COc1ccccc1C(=O)OC(=O)C(O)C(O)C(=O)O. The second kappa shape index (κ2) is 6.64. The Morgan fingerprint density at radius 2 is 1.70 bits per heavy atom. The molecule has 8 nitrogen and oxygen atoms in total. The van der Waals surface area contributed by atoms with Gasteiger partial charge in [-0.05, 0) is 12.1 Å². The minimum Gasteiger partial charge on any atom is -0.496 e. The summed E-state index contributed by atoms with van der Waals surface area (Å²) in [6, 6.07) is 5.84. The Balaban J connectivity index is 2.80. The van der Waals surface area contributed by atoms with Gasteiger partial charge in [0.25, 0.3) is 0 Å². The van der Waals surface area contributed by atoms with Crippen LogP contribution in [0.2, 0.25) is 0 Å². The van der Waals surface area contributed by atoms with Crippen molar-refractivity contribution in [2.24, 2.45) is 0 Å². The van der Waals surface area contributed by atoms with Crippen LogP contribution >= 0.6 is 0 Å². The quantitative estimate of drug-likeness (QED) is 0.472. The number of hydrogen-bond donors (Lipinski definition) is 3. The van der Waals surface area contributed by atoms with E-state index in [1.807, 2.05) is 0 Å². The predicted molar refractivity (Wildman–Crippen MR) is 63.1 cm³/mol. The molecule has 20 heavy (non-hydrogen) atoms. The van der Waals surface area contributed by atoms with Crippen molar-refractivity contribution in [2.75, 3.05) is 7.11 Å². The molecule has 0 saturated carbocycles. The van der Waals surface area contributed by atoms with E-state index in [2.05, 4.69) is 4.74 Å². The molecule has 2 atom stereocenters. The molecule has 0 heterocycles. The van der Waals surface area contributed by atoms with Crippen molar-refractivity contribution in [3.63, 3.8) is 0 Å². The van der Waals surface area contributed by atoms with Gasteiger partial charge in [0.15, 0.2) is 12.2 Å². The van der Waals surface area contributed by atoms with E-state index < -0.39 is 30.1 Å². The van der Waals surface area contributed by atoms with Gasteiger partial charge in [0, 0.05) is 0 Å². The zero-order chi connectivity index (χ0) is 15.3. The predicted octanol–water partition coefficient (Wildman–Crippen LogP) is -0.815. The number of carboxylic acid groups (broad SMARTS) is 1. The third-order valence-corrected chi connectivity index (χ3v) is 2.31. The number of carboxylic acids is 1. The summed E-state index contributed by atoms with van der Waals surface area (Å²) in [4.78, 5) is 33.4.